The predicted molar refractivity (Wildman–Crippen MR) is 102 cm³/mol. The number of ether oxygens (including phenoxy) is 1. The van der Waals surface area contributed by atoms with Gasteiger partial charge in [-0.3, -0.25) is 0 Å². The van der Waals surface area contributed by atoms with Gasteiger partial charge in [0, 0.05) is 41.3 Å². The summed E-state index contributed by atoms with van der Waals surface area (Å²) < 4.78 is 9.48. The summed E-state index contributed by atoms with van der Waals surface area (Å²) in [6.45, 7) is 6.37. The molecule has 0 radical (unpaired) electrons. The van der Waals surface area contributed by atoms with Crippen molar-refractivity contribution in [1.82, 2.24) is 9.13 Å². The molecular weight excluding hydrogens is 312 g/mol. The van der Waals surface area contributed by atoms with Crippen molar-refractivity contribution in [3.8, 4) is 0 Å². The van der Waals surface area contributed by atoms with Crippen LogP contribution in [0.1, 0.15) is 28.5 Å². The lowest BCUT2D eigenvalue weighted by atomic mass is 10.0. The number of para-hydroxylation sites is 1. The summed E-state index contributed by atoms with van der Waals surface area (Å²) in [4.78, 5) is 12.4. The fourth-order valence-corrected chi connectivity index (χ4v) is 4.26. The van der Waals surface area contributed by atoms with Crippen LogP contribution >= 0.6 is 0 Å². The SMILES string of the molecule is CCOC(=O)c1c(C)c2c(C)c3c(cc2n1C)c1ccccc1n3C. The van der Waals surface area contributed by atoms with Crippen LogP contribution in [-0.4, -0.2) is 21.7 Å². The highest BCUT2D eigenvalue weighted by Crippen LogP contribution is 2.37. The fourth-order valence-electron chi connectivity index (χ4n) is 4.26. The van der Waals surface area contributed by atoms with Gasteiger partial charge in [0.25, 0.3) is 0 Å². The Morgan fingerprint density at radius 2 is 1.72 bits per heavy atom. The second kappa shape index (κ2) is 5.38. The molecule has 0 amide bonds. The second-order valence-electron chi connectivity index (χ2n) is 6.62. The average molecular weight is 334 g/mol. The summed E-state index contributed by atoms with van der Waals surface area (Å²) in [5.74, 6) is -0.257. The van der Waals surface area contributed by atoms with Crippen LogP contribution in [0, 0.1) is 13.8 Å². The van der Waals surface area contributed by atoms with Crippen molar-refractivity contribution in [1.29, 1.82) is 0 Å². The summed E-state index contributed by atoms with van der Waals surface area (Å²) in [5, 5.41) is 3.60. The Morgan fingerprint density at radius 3 is 2.44 bits per heavy atom. The lowest BCUT2D eigenvalue weighted by Gasteiger charge is -2.06. The van der Waals surface area contributed by atoms with Gasteiger partial charge in [0.05, 0.1) is 12.1 Å². The quantitative estimate of drug-likeness (QED) is 0.502. The first kappa shape index (κ1) is 15.8. The highest BCUT2D eigenvalue weighted by Gasteiger charge is 2.23. The average Bonchev–Trinajstić information content (AvgIpc) is 3.02. The third-order valence-electron chi connectivity index (χ3n) is 5.31. The van der Waals surface area contributed by atoms with E-state index in [1.54, 1.807) is 0 Å². The number of esters is 1. The smallest absolute Gasteiger partial charge is 0.355 e. The number of hydrogen-bond donors (Lipinski definition) is 0. The van der Waals surface area contributed by atoms with E-state index in [1.165, 1.54) is 27.4 Å². The van der Waals surface area contributed by atoms with E-state index < -0.39 is 0 Å². The van der Waals surface area contributed by atoms with E-state index in [-0.39, 0.29) is 5.97 Å². The number of hydrogen-bond acceptors (Lipinski definition) is 2. The Balaban J connectivity index is 2.19. The van der Waals surface area contributed by atoms with E-state index in [4.69, 9.17) is 4.74 Å². The molecule has 2 aromatic heterocycles. The van der Waals surface area contributed by atoms with Gasteiger partial charge in [-0.1, -0.05) is 18.2 Å². The van der Waals surface area contributed by atoms with Crippen molar-refractivity contribution in [2.45, 2.75) is 20.8 Å². The molecule has 0 N–H and O–H groups in total. The lowest BCUT2D eigenvalue weighted by Crippen LogP contribution is -2.11. The summed E-state index contributed by atoms with van der Waals surface area (Å²) in [5.41, 5.74) is 6.34. The maximum absolute atomic E-state index is 12.4. The van der Waals surface area contributed by atoms with Crippen molar-refractivity contribution < 1.29 is 9.53 Å². The van der Waals surface area contributed by atoms with Crippen LogP contribution in [0.15, 0.2) is 30.3 Å². The van der Waals surface area contributed by atoms with E-state index in [1.807, 2.05) is 25.5 Å². The van der Waals surface area contributed by atoms with Crippen LogP contribution in [0.4, 0.5) is 0 Å². The Hall–Kier alpha value is -2.75. The summed E-state index contributed by atoms with van der Waals surface area (Å²) in [6, 6.07) is 10.7. The Labute approximate surface area is 146 Å². The molecule has 0 atom stereocenters. The molecule has 128 valence electrons. The number of aromatic nitrogens is 2. The molecule has 0 bridgehead atoms. The molecular formula is C21H22N2O2. The van der Waals surface area contributed by atoms with Crippen molar-refractivity contribution >= 4 is 38.7 Å². The summed E-state index contributed by atoms with van der Waals surface area (Å²) in [6.07, 6.45) is 0. The molecule has 4 rings (SSSR count). The van der Waals surface area contributed by atoms with Crippen molar-refractivity contribution in [2.24, 2.45) is 14.1 Å². The second-order valence-corrected chi connectivity index (χ2v) is 6.62. The standard InChI is InChI=1S/C21H22N2O2/c1-6-25-21(24)20-13(3)18-12(2)19-15(11-17(18)23(20)5)14-9-7-8-10-16(14)22(19)4/h7-11H,6H2,1-5H3. The minimum atomic E-state index is -0.257. The van der Waals surface area contributed by atoms with Crippen LogP contribution in [0.2, 0.25) is 0 Å². The number of carbonyl (C=O) groups is 1. The van der Waals surface area contributed by atoms with Gasteiger partial charge in [0.15, 0.2) is 0 Å². The zero-order valence-corrected chi connectivity index (χ0v) is 15.3. The number of nitrogens with zero attached hydrogens (tertiary/aromatic N) is 2. The van der Waals surface area contributed by atoms with E-state index in [0.29, 0.717) is 12.3 Å². The van der Waals surface area contributed by atoms with Gasteiger partial charge in [-0.05, 0) is 44.0 Å². The molecule has 4 heteroatoms. The molecule has 0 aliphatic rings. The van der Waals surface area contributed by atoms with Gasteiger partial charge in [0.1, 0.15) is 5.69 Å². The first-order valence-corrected chi connectivity index (χ1v) is 8.60. The first-order chi connectivity index (χ1) is 12.0. The molecule has 0 saturated heterocycles. The Morgan fingerprint density at radius 1 is 1.00 bits per heavy atom. The number of rotatable bonds is 2. The van der Waals surface area contributed by atoms with E-state index in [9.17, 15) is 4.79 Å². The van der Waals surface area contributed by atoms with Crippen LogP contribution in [-0.2, 0) is 18.8 Å². The predicted octanol–water partition coefficient (Wildman–Crippen LogP) is 4.62. The highest BCUT2D eigenvalue weighted by atomic mass is 16.5. The maximum Gasteiger partial charge on any atom is 0.355 e. The van der Waals surface area contributed by atoms with Crippen molar-refractivity contribution in [3.63, 3.8) is 0 Å². The van der Waals surface area contributed by atoms with Gasteiger partial charge < -0.3 is 13.9 Å². The molecule has 0 unspecified atom stereocenters. The molecule has 4 nitrogen and oxygen atoms in total. The van der Waals surface area contributed by atoms with E-state index in [0.717, 1.165) is 16.5 Å². The molecule has 0 spiro atoms. The zero-order valence-electron chi connectivity index (χ0n) is 15.3. The van der Waals surface area contributed by atoms with Gasteiger partial charge in [-0.25, -0.2) is 4.79 Å². The van der Waals surface area contributed by atoms with Gasteiger partial charge in [-0.15, -0.1) is 0 Å². The van der Waals surface area contributed by atoms with Gasteiger partial charge in [-0.2, -0.15) is 0 Å². The van der Waals surface area contributed by atoms with Crippen molar-refractivity contribution in [3.05, 3.63) is 47.2 Å². The fraction of sp³-hybridized carbons (Fsp3) is 0.286. The Bertz CT molecular complexity index is 1160. The van der Waals surface area contributed by atoms with Crippen LogP contribution in [0.5, 0.6) is 0 Å². The third kappa shape index (κ3) is 1.97. The molecule has 0 aliphatic heterocycles. The molecule has 0 aliphatic carbocycles. The summed E-state index contributed by atoms with van der Waals surface area (Å²) >= 11 is 0. The van der Waals surface area contributed by atoms with Crippen LogP contribution in [0.3, 0.4) is 0 Å². The van der Waals surface area contributed by atoms with Gasteiger partial charge in [0.2, 0.25) is 0 Å². The molecule has 2 heterocycles. The maximum atomic E-state index is 12.4. The van der Waals surface area contributed by atoms with Crippen molar-refractivity contribution in [2.75, 3.05) is 6.61 Å². The zero-order chi connectivity index (χ0) is 17.9. The number of benzene rings is 2. The molecule has 4 aromatic rings. The monoisotopic (exact) mass is 334 g/mol. The number of fused-ring (bicyclic) bond motifs is 4. The molecule has 0 fully saturated rings. The summed E-state index contributed by atoms with van der Waals surface area (Å²) in [7, 11) is 4.05. The van der Waals surface area contributed by atoms with Gasteiger partial charge >= 0.3 is 5.97 Å². The lowest BCUT2D eigenvalue weighted by molar-refractivity contribution is 0.0515. The van der Waals surface area contributed by atoms with Crippen LogP contribution < -0.4 is 0 Å². The molecule has 2 aromatic carbocycles. The largest absolute Gasteiger partial charge is 0.461 e. The van der Waals surface area contributed by atoms with E-state index >= 15 is 0 Å². The first-order valence-electron chi connectivity index (χ1n) is 8.60. The normalized spacial score (nSPS) is 11.7. The third-order valence-corrected chi connectivity index (χ3v) is 5.31. The minimum absolute atomic E-state index is 0.257. The molecule has 25 heavy (non-hydrogen) atoms. The minimum Gasteiger partial charge on any atom is -0.461 e. The van der Waals surface area contributed by atoms with Crippen LogP contribution in [0.25, 0.3) is 32.7 Å². The topological polar surface area (TPSA) is 36.2 Å². The number of carbonyl (C=O) groups excluding carboxylic acids is 1. The highest BCUT2D eigenvalue weighted by molar-refractivity contribution is 6.15. The number of aryl methyl sites for hydroxylation is 4. The van der Waals surface area contributed by atoms with E-state index in [2.05, 4.69) is 48.9 Å². The molecule has 0 saturated carbocycles. The Kier molecular flexibility index (Phi) is 3.39.